The summed E-state index contributed by atoms with van der Waals surface area (Å²) in [5.74, 6) is 0.380. The first-order valence-corrected chi connectivity index (χ1v) is 14.6. The summed E-state index contributed by atoms with van der Waals surface area (Å²) in [7, 11) is -2.67. The summed E-state index contributed by atoms with van der Waals surface area (Å²) >= 11 is 6.89. The fraction of sp³-hybridized carbons (Fsp3) is 0.400. The number of nitrogens with one attached hydrogen (secondary N) is 2. The minimum Gasteiger partial charge on any atom is -0.497 e. The molecule has 0 unspecified atom stereocenters. The molecule has 2 atom stereocenters. The number of rotatable bonds is 9. The third-order valence-electron chi connectivity index (χ3n) is 7.19. The van der Waals surface area contributed by atoms with Crippen molar-refractivity contribution in [3.8, 4) is 5.75 Å². The fourth-order valence-corrected chi connectivity index (χ4v) is 7.70. The van der Waals surface area contributed by atoms with Gasteiger partial charge in [0.1, 0.15) is 16.5 Å². The van der Waals surface area contributed by atoms with Crippen LogP contribution in [0.25, 0.3) is 0 Å². The number of benzene rings is 2. The van der Waals surface area contributed by atoms with E-state index in [2.05, 4.69) is 32.1 Å². The molecule has 1 aromatic heterocycles. The molecule has 0 saturated carbocycles. The Morgan fingerprint density at radius 2 is 2.05 bits per heavy atom. The molecular weight excluding hydrogens is 542 g/mol. The zero-order chi connectivity index (χ0) is 26.2. The zero-order valence-corrected chi connectivity index (χ0v) is 22.5. The molecule has 37 heavy (non-hydrogen) atoms. The third-order valence-corrected chi connectivity index (χ3v) is 9.69. The lowest BCUT2D eigenvalue weighted by Crippen LogP contribution is -2.44. The molecule has 0 radical (unpaired) electrons. The van der Waals surface area contributed by atoms with Gasteiger partial charge in [-0.3, -0.25) is 9.62 Å². The van der Waals surface area contributed by atoms with Gasteiger partial charge in [0.05, 0.1) is 24.0 Å². The van der Waals surface area contributed by atoms with E-state index in [-0.39, 0.29) is 15.7 Å². The molecule has 3 heterocycles. The molecule has 7 nitrogen and oxygen atoms in total. The zero-order valence-electron chi connectivity index (χ0n) is 20.1. The number of hydrogen-bond acceptors (Lipinski definition) is 7. The maximum absolute atomic E-state index is 14.9. The standard InChI is InChI=1S/C25H27ClF2N4O3S2/c1-35-18-5-3-16(4-6-18)9-17-12-25(7-2-8-32(25)14-17)15-30-21-11-20(27)22(10-19(21)26)37(33,34)31-24-29-13-23(28)36-24/h3-6,10-11,13,17,30H,2,7-9,12,14-15H2,1H3,(H,29,31)/t17-,25+/m0/s1. The number of methoxy groups -OCH3 is 1. The largest absolute Gasteiger partial charge is 0.497 e. The average Bonchev–Trinajstić information content (AvgIpc) is 3.53. The predicted molar refractivity (Wildman–Crippen MR) is 141 cm³/mol. The Bertz CT molecular complexity index is 1390. The smallest absolute Gasteiger partial charge is 0.266 e. The Morgan fingerprint density at radius 3 is 2.76 bits per heavy atom. The molecule has 3 aromatic rings. The molecule has 2 saturated heterocycles. The van der Waals surface area contributed by atoms with E-state index >= 15 is 0 Å². The summed E-state index contributed by atoms with van der Waals surface area (Å²) in [5, 5.41) is 2.52. The van der Waals surface area contributed by atoms with Gasteiger partial charge < -0.3 is 10.1 Å². The first kappa shape index (κ1) is 26.1. The number of halogens is 3. The van der Waals surface area contributed by atoms with Crippen LogP contribution in [0.1, 0.15) is 24.8 Å². The lowest BCUT2D eigenvalue weighted by atomic mass is 9.87. The number of ether oxygens (including phenoxy) is 1. The molecule has 2 aliphatic heterocycles. The number of sulfonamides is 1. The van der Waals surface area contributed by atoms with Crippen LogP contribution in [0, 0.1) is 16.9 Å². The van der Waals surface area contributed by atoms with E-state index in [9.17, 15) is 17.2 Å². The topological polar surface area (TPSA) is 83.6 Å². The lowest BCUT2D eigenvalue weighted by Gasteiger charge is -2.32. The van der Waals surface area contributed by atoms with Gasteiger partial charge in [-0.25, -0.2) is 17.8 Å². The van der Waals surface area contributed by atoms with Crippen molar-refractivity contribution in [2.45, 2.75) is 36.1 Å². The fourth-order valence-electron chi connectivity index (χ4n) is 5.53. The second-order valence-corrected chi connectivity index (χ2v) is 12.6. The van der Waals surface area contributed by atoms with E-state index in [1.54, 1.807) is 7.11 Å². The van der Waals surface area contributed by atoms with Crippen LogP contribution in [0.4, 0.5) is 19.6 Å². The SMILES string of the molecule is COc1ccc(C[C@@H]2CN3CCC[C@]3(CNc3cc(F)c(S(=O)(=O)Nc4ncc(F)s4)cc3Cl)C2)cc1. The number of nitrogens with zero attached hydrogens (tertiary/aromatic N) is 2. The maximum Gasteiger partial charge on any atom is 0.266 e. The van der Waals surface area contributed by atoms with E-state index in [0.717, 1.165) is 62.9 Å². The second kappa shape index (κ2) is 10.4. The van der Waals surface area contributed by atoms with E-state index in [1.807, 2.05) is 12.1 Å². The van der Waals surface area contributed by atoms with Gasteiger partial charge in [0, 0.05) is 18.6 Å². The van der Waals surface area contributed by atoms with Crippen molar-refractivity contribution in [1.82, 2.24) is 9.88 Å². The Hall–Kier alpha value is -2.47. The maximum atomic E-state index is 14.9. The first-order chi connectivity index (χ1) is 17.7. The molecule has 0 amide bonds. The second-order valence-electron chi connectivity index (χ2n) is 9.59. The summed E-state index contributed by atoms with van der Waals surface area (Å²) in [5.41, 5.74) is 1.54. The summed E-state index contributed by atoms with van der Waals surface area (Å²) in [6, 6.07) is 10.3. The highest BCUT2D eigenvalue weighted by atomic mass is 35.5. The van der Waals surface area contributed by atoms with Crippen LogP contribution in [0.3, 0.4) is 0 Å². The molecule has 2 N–H and O–H groups in total. The van der Waals surface area contributed by atoms with Crippen molar-refractivity contribution in [3.05, 3.63) is 64.1 Å². The Morgan fingerprint density at radius 1 is 1.27 bits per heavy atom. The quantitative estimate of drug-likeness (QED) is 0.360. The number of thiazole rings is 1. The Labute approximate surface area is 223 Å². The van der Waals surface area contributed by atoms with Crippen LogP contribution < -0.4 is 14.8 Å². The molecule has 0 aliphatic carbocycles. The normalized spacial score (nSPS) is 21.7. The van der Waals surface area contributed by atoms with E-state index in [4.69, 9.17) is 16.3 Å². The number of hydrogen-bond donors (Lipinski definition) is 2. The van der Waals surface area contributed by atoms with Crippen LogP contribution >= 0.6 is 22.9 Å². The monoisotopic (exact) mass is 568 g/mol. The van der Waals surface area contributed by atoms with Crippen molar-refractivity contribution in [3.63, 3.8) is 0 Å². The Kier molecular flexibility index (Phi) is 7.32. The van der Waals surface area contributed by atoms with Crippen LogP contribution in [0.5, 0.6) is 5.75 Å². The van der Waals surface area contributed by atoms with Crippen molar-refractivity contribution in [2.24, 2.45) is 5.92 Å². The van der Waals surface area contributed by atoms with Gasteiger partial charge in [-0.2, -0.15) is 4.39 Å². The van der Waals surface area contributed by atoms with Gasteiger partial charge in [-0.05, 0) is 68.0 Å². The third kappa shape index (κ3) is 5.55. The van der Waals surface area contributed by atoms with Gasteiger partial charge in [-0.1, -0.05) is 35.1 Å². The van der Waals surface area contributed by atoms with Crippen molar-refractivity contribution >= 4 is 43.8 Å². The van der Waals surface area contributed by atoms with E-state index < -0.39 is 25.9 Å². The molecule has 12 heteroatoms. The van der Waals surface area contributed by atoms with Crippen molar-refractivity contribution in [2.75, 3.05) is 36.8 Å². The molecule has 198 valence electrons. The predicted octanol–water partition coefficient (Wildman–Crippen LogP) is 5.39. The average molecular weight is 569 g/mol. The van der Waals surface area contributed by atoms with E-state index in [1.165, 1.54) is 5.56 Å². The summed E-state index contributed by atoms with van der Waals surface area (Å²) < 4.78 is 60.7. The molecular formula is C25H27ClF2N4O3S2. The summed E-state index contributed by atoms with van der Waals surface area (Å²) in [6.45, 7) is 2.59. The lowest BCUT2D eigenvalue weighted by molar-refractivity contribution is 0.209. The molecule has 2 aliphatic rings. The van der Waals surface area contributed by atoms with Gasteiger partial charge in [0.15, 0.2) is 10.3 Å². The van der Waals surface area contributed by atoms with Gasteiger partial charge in [-0.15, -0.1) is 0 Å². The summed E-state index contributed by atoms with van der Waals surface area (Å²) in [6.07, 6.45) is 4.99. The van der Waals surface area contributed by atoms with Crippen LogP contribution in [-0.4, -0.2) is 50.6 Å². The number of fused-ring (bicyclic) bond motifs is 1. The number of anilines is 2. The minimum absolute atomic E-state index is 0.0574. The first-order valence-electron chi connectivity index (χ1n) is 11.9. The molecule has 2 aromatic carbocycles. The van der Waals surface area contributed by atoms with Gasteiger partial charge in [0.2, 0.25) is 0 Å². The highest BCUT2D eigenvalue weighted by molar-refractivity contribution is 7.93. The highest BCUT2D eigenvalue weighted by Crippen LogP contribution is 2.43. The molecule has 0 spiro atoms. The molecule has 2 fully saturated rings. The van der Waals surface area contributed by atoms with Gasteiger partial charge in [0.25, 0.3) is 10.0 Å². The summed E-state index contributed by atoms with van der Waals surface area (Å²) in [4.78, 5) is 5.50. The number of aromatic nitrogens is 1. The van der Waals surface area contributed by atoms with Crippen molar-refractivity contribution in [1.29, 1.82) is 0 Å². The molecule has 0 bridgehead atoms. The van der Waals surface area contributed by atoms with Gasteiger partial charge >= 0.3 is 0 Å². The van der Waals surface area contributed by atoms with Crippen molar-refractivity contribution < 1.29 is 21.9 Å². The van der Waals surface area contributed by atoms with Crippen LogP contribution in [0.2, 0.25) is 5.02 Å². The molecule has 5 rings (SSSR count). The van der Waals surface area contributed by atoms with Crippen LogP contribution in [0.15, 0.2) is 47.5 Å². The highest BCUT2D eigenvalue weighted by Gasteiger charge is 2.48. The minimum atomic E-state index is -4.33. The Balaban J connectivity index is 1.27. The van der Waals surface area contributed by atoms with Crippen LogP contribution in [-0.2, 0) is 16.4 Å². The van der Waals surface area contributed by atoms with E-state index in [0.29, 0.717) is 29.5 Å².